The Labute approximate surface area is 214 Å². The number of nitrogens with zero attached hydrogens (tertiary/aromatic N) is 2. The first-order valence-corrected chi connectivity index (χ1v) is 13.4. The van der Waals surface area contributed by atoms with Gasteiger partial charge in [0.2, 0.25) is 0 Å². The number of aliphatic hydroxyl groups is 2. The molecule has 0 spiro atoms. The summed E-state index contributed by atoms with van der Waals surface area (Å²) in [7, 11) is 3.75. The van der Waals surface area contributed by atoms with E-state index in [-0.39, 0.29) is 17.4 Å². The third kappa shape index (κ3) is 3.75. The van der Waals surface area contributed by atoms with E-state index in [1.54, 1.807) is 0 Å². The molecule has 2 saturated carbocycles. The summed E-state index contributed by atoms with van der Waals surface area (Å²) in [4.78, 5) is 4.43. The number of aliphatic hydroxyl groups excluding tert-OH is 1. The van der Waals surface area contributed by atoms with Crippen molar-refractivity contribution in [3.05, 3.63) is 47.4 Å². The average molecular weight is 490 g/mol. The molecule has 6 atom stereocenters. The number of hydrogen-bond donors (Lipinski definition) is 3. The topological polar surface area (TPSA) is 102 Å². The lowest BCUT2D eigenvalue weighted by atomic mass is 9.49. The van der Waals surface area contributed by atoms with Crippen molar-refractivity contribution >= 4 is 16.7 Å². The van der Waals surface area contributed by atoms with Crippen LogP contribution in [-0.2, 0) is 0 Å². The van der Waals surface area contributed by atoms with Crippen molar-refractivity contribution in [1.82, 2.24) is 10.3 Å². The molecule has 6 heteroatoms. The lowest BCUT2D eigenvalue weighted by Crippen LogP contribution is -2.59. The van der Waals surface area contributed by atoms with Gasteiger partial charge in [-0.15, -0.1) is 0 Å². The zero-order valence-electron chi connectivity index (χ0n) is 22.0. The number of oxazole rings is 1. The van der Waals surface area contributed by atoms with E-state index >= 15 is 0 Å². The number of rotatable bonds is 1. The minimum Gasteiger partial charge on any atom is -0.441 e. The summed E-state index contributed by atoms with van der Waals surface area (Å²) in [6.07, 6.45) is 10.3. The maximum absolute atomic E-state index is 12.4. The zero-order valence-corrected chi connectivity index (χ0v) is 22.0. The summed E-state index contributed by atoms with van der Waals surface area (Å²) in [5.41, 5.74) is 3.08. The van der Waals surface area contributed by atoms with Gasteiger partial charge in [0.05, 0.1) is 17.8 Å². The minimum absolute atomic E-state index is 0.0116. The van der Waals surface area contributed by atoms with E-state index in [4.69, 9.17) is 4.42 Å². The molecule has 0 aliphatic heterocycles. The van der Waals surface area contributed by atoms with Gasteiger partial charge in [-0.3, -0.25) is 0 Å². The van der Waals surface area contributed by atoms with Gasteiger partial charge in [-0.05, 0) is 100 Å². The van der Waals surface area contributed by atoms with Crippen molar-refractivity contribution in [1.29, 1.82) is 5.26 Å². The molecule has 192 valence electrons. The Balaban J connectivity index is 0.000000848. The molecule has 2 fully saturated rings. The maximum Gasteiger partial charge on any atom is 0.192 e. The molecule has 0 saturated heterocycles. The molecule has 1 aromatic heterocycles. The van der Waals surface area contributed by atoms with E-state index in [0.717, 1.165) is 48.8 Å². The number of nitriles is 1. The van der Waals surface area contributed by atoms with E-state index in [1.807, 2.05) is 27.1 Å². The number of nitrogens with one attached hydrogen (secondary N) is 1. The molecule has 2 aromatic rings. The van der Waals surface area contributed by atoms with Crippen LogP contribution in [0.1, 0.15) is 69.7 Å². The van der Waals surface area contributed by atoms with Crippen LogP contribution >= 0.6 is 0 Å². The van der Waals surface area contributed by atoms with E-state index in [0.29, 0.717) is 31.1 Å². The van der Waals surface area contributed by atoms with Crippen LogP contribution in [0.5, 0.6) is 0 Å². The number of aromatic nitrogens is 1. The first-order chi connectivity index (χ1) is 17.2. The second kappa shape index (κ2) is 9.13. The quantitative estimate of drug-likeness (QED) is 0.470. The van der Waals surface area contributed by atoms with E-state index in [1.165, 1.54) is 11.1 Å². The van der Waals surface area contributed by atoms with Crippen molar-refractivity contribution in [3.8, 4) is 6.07 Å². The van der Waals surface area contributed by atoms with Gasteiger partial charge in [0.25, 0.3) is 0 Å². The molecular weight excluding hydrogens is 450 g/mol. The molecule has 1 aromatic carbocycles. The molecule has 3 N–H and O–H groups in total. The number of aryl methyl sites for hydroxylation is 1. The van der Waals surface area contributed by atoms with Gasteiger partial charge < -0.3 is 19.9 Å². The van der Waals surface area contributed by atoms with Crippen molar-refractivity contribution in [2.45, 2.75) is 76.9 Å². The van der Waals surface area contributed by atoms with E-state index in [9.17, 15) is 15.5 Å². The predicted molar refractivity (Wildman–Crippen MR) is 141 cm³/mol. The molecule has 6 nitrogen and oxygen atoms in total. The van der Waals surface area contributed by atoms with Gasteiger partial charge in [0.15, 0.2) is 11.5 Å². The average Bonchev–Trinajstić information content (AvgIpc) is 3.36. The highest BCUT2D eigenvalue weighted by molar-refractivity contribution is 5.82. The van der Waals surface area contributed by atoms with Crippen molar-refractivity contribution in [2.24, 2.45) is 22.7 Å². The van der Waals surface area contributed by atoms with Gasteiger partial charge >= 0.3 is 0 Å². The van der Waals surface area contributed by atoms with Crippen LogP contribution in [0.4, 0.5) is 0 Å². The molecule has 36 heavy (non-hydrogen) atoms. The highest BCUT2D eigenvalue weighted by Gasteiger charge is 2.65. The molecule has 0 bridgehead atoms. The molecule has 0 radical (unpaired) electrons. The van der Waals surface area contributed by atoms with Crippen molar-refractivity contribution < 1.29 is 14.6 Å². The van der Waals surface area contributed by atoms with Crippen LogP contribution in [0.25, 0.3) is 16.7 Å². The fourth-order valence-electron chi connectivity index (χ4n) is 7.70. The first kappa shape index (κ1) is 25.2. The second-order valence-corrected chi connectivity index (χ2v) is 11.6. The number of fused-ring (bicyclic) bond motifs is 5. The van der Waals surface area contributed by atoms with Crippen LogP contribution in [0, 0.1) is 40.9 Å². The summed E-state index contributed by atoms with van der Waals surface area (Å²) < 4.78 is 5.80. The SMILES string of the molecule is CNC.Cc1nc2ccc(C3=CCC4C3(C)CCC3(C#N)C=C5CC(O)CCC5CC[C@]43O)cc2o1. The van der Waals surface area contributed by atoms with Gasteiger partial charge in [-0.2, -0.15) is 5.26 Å². The Morgan fingerprint density at radius 2 is 1.94 bits per heavy atom. The Morgan fingerprint density at radius 1 is 1.17 bits per heavy atom. The molecule has 5 unspecified atom stereocenters. The summed E-state index contributed by atoms with van der Waals surface area (Å²) in [5.74, 6) is 1.03. The molecule has 0 amide bonds. The zero-order chi connectivity index (χ0) is 25.7. The third-order valence-electron chi connectivity index (χ3n) is 9.49. The van der Waals surface area contributed by atoms with Crippen LogP contribution in [0.15, 0.2) is 40.3 Å². The summed E-state index contributed by atoms with van der Waals surface area (Å²) >= 11 is 0. The fourth-order valence-corrected chi connectivity index (χ4v) is 7.70. The van der Waals surface area contributed by atoms with Crippen molar-refractivity contribution in [3.63, 3.8) is 0 Å². The molecule has 1 heterocycles. The normalized spacial score (nSPS) is 37.3. The molecular formula is C30H39N3O3. The summed E-state index contributed by atoms with van der Waals surface area (Å²) in [6, 6.07) is 8.82. The van der Waals surface area contributed by atoms with E-state index in [2.05, 4.69) is 47.6 Å². The number of hydrogen-bond acceptors (Lipinski definition) is 6. The Kier molecular flexibility index (Phi) is 6.39. The molecule has 4 aliphatic carbocycles. The number of benzene rings is 1. The number of allylic oxidation sites excluding steroid dienone is 2. The fraction of sp³-hybridized carbons (Fsp3) is 0.600. The van der Waals surface area contributed by atoms with Crippen molar-refractivity contribution in [2.75, 3.05) is 14.1 Å². The predicted octanol–water partition coefficient (Wildman–Crippen LogP) is 5.30. The largest absolute Gasteiger partial charge is 0.441 e. The maximum atomic E-state index is 12.4. The van der Waals surface area contributed by atoms with Crippen LogP contribution in [-0.4, -0.2) is 41.0 Å². The van der Waals surface area contributed by atoms with Gasteiger partial charge in [-0.1, -0.05) is 30.7 Å². The highest BCUT2D eigenvalue weighted by Crippen LogP contribution is 2.66. The first-order valence-electron chi connectivity index (χ1n) is 13.4. The van der Waals surface area contributed by atoms with Gasteiger partial charge in [0.1, 0.15) is 10.9 Å². The third-order valence-corrected chi connectivity index (χ3v) is 9.49. The van der Waals surface area contributed by atoms with Gasteiger partial charge in [0, 0.05) is 12.8 Å². The minimum atomic E-state index is -1.07. The monoisotopic (exact) mass is 489 g/mol. The summed E-state index contributed by atoms with van der Waals surface area (Å²) in [5, 5.41) is 35.9. The molecule has 6 rings (SSSR count). The second-order valence-electron chi connectivity index (χ2n) is 11.6. The standard InChI is InChI=1S/C28H32N2O3.C2H7N/c1-17-30-23-7-4-19(14-24(23)33-17)22-6-8-25-26(22,2)11-12-27(16-29)15-20-13-21(31)5-3-18(20)9-10-28(25,27)32;1-3-2/h4,6-7,14-15,18,21,25,31-32H,3,5,8-13H2,1-2H3;3H,1-2H3/t18?,21?,25?,26?,27?,28-;/m0./s1. The van der Waals surface area contributed by atoms with Crippen LogP contribution < -0.4 is 5.32 Å². The highest BCUT2D eigenvalue weighted by atomic mass is 16.3. The van der Waals surface area contributed by atoms with Crippen LogP contribution in [0.2, 0.25) is 0 Å². The van der Waals surface area contributed by atoms with Gasteiger partial charge in [-0.25, -0.2) is 4.98 Å². The van der Waals surface area contributed by atoms with Crippen LogP contribution in [0.3, 0.4) is 0 Å². The Hall–Kier alpha value is -2.46. The smallest absolute Gasteiger partial charge is 0.192 e. The lowest BCUT2D eigenvalue weighted by molar-refractivity contribution is -0.143. The Morgan fingerprint density at radius 3 is 2.69 bits per heavy atom. The lowest BCUT2D eigenvalue weighted by Gasteiger charge is -2.56. The van der Waals surface area contributed by atoms with E-state index < -0.39 is 11.0 Å². The summed E-state index contributed by atoms with van der Waals surface area (Å²) in [6.45, 7) is 4.14. The molecule has 4 aliphatic rings. The Bertz CT molecular complexity index is 1260.